The van der Waals surface area contributed by atoms with Gasteiger partial charge < -0.3 is 10.2 Å². The van der Waals surface area contributed by atoms with E-state index < -0.39 is 0 Å². The van der Waals surface area contributed by atoms with E-state index in [1.165, 1.54) is 6.33 Å². The van der Waals surface area contributed by atoms with E-state index in [1.54, 1.807) is 11.0 Å². The molecule has 6 nitrogen and oxygen atoms in total. The Morgan fingerprint density at radius 1 is 1.45 bits per heavy atom. The molecule has 0 radical (unpaired) electrons. The van der Waals surface area contributed by atoms with Crippen molar-refractivity contribution < 1.29 is 4.79 Å². The van der Waals surface area contributed by atoms with Gasteiger partial charge in [0.05, 0.1) is 6.04 Å². The number of carbonyl (C=O) groups excluding carboxylic acids is 1. The predicted molar refractivity (Wildman–Crippen MR) is 84.9 cm³/mol. The number of rotatable bonds is 2. The van der Waals surface area contributed by atoms with Crippen molar-refractivity contribution in [2.75, 3.05) is 11.9 Å². The van der Waals surface area contributed by atoms with Crippen LogP contribution in [-0.2, 0) is 0 Å². The molecule has 22 heavy (non-hydrogen) atoms. The number of likely N-dealkylation sites (tertiary alicyclic amines) is 1. The number of halogens is 1. The van der Waals surface area contributed by atoms with E-state index in [-0.39, 0.29) is 12.1 Å². The van der Waals surface area contributed by atoms with Crippen LogP contribution < -0.4 is 5.32 Å². The molecule has 1 aromatic heterocycles. The molecule has 2 aromatic rings. The molecule has 1 aromatic carbocycles. The molecule has 1 atom stereocenters. The lowest BCUT2D eigenvalue weighted by molar-refractivity contribution is 0.159. The molecule has 2 heterocycles. The van der Waals surface area contributed by atoms with E-state index in [0.29, 0.717) is 17.3 Å². The number of aromatic amines is 1. The summed E-state index contributed by atoms with van der Waals surface area (Å²) >= 11 is 6.10. The number of hydrogen-bond donors (Lipinski definition) is 2. The third-order valence-electron chi connectivity index (χ3n) is 3.94. The Morgan fingerprint density at radius 3 is 3.05 bits per heavy atom. The zero-order chi connectivity index (χ0) is 15.5. The van der Waals surface area contributed by atoms with Crippen molar-refractivity contribution in [1.29, 1.82) is 0 Å². The highest BCUT2D eigenvalue weighted by Crippen LogP contribution is 2.29. The third kappa shape index (κ3) is 3.06. The van der Waals surface area contributed by atoms with Gasteiger partial charge in [-0.05, 0) is 43.9 Å². The summed E-state index contributed by atoms with van der Waals surface area (Å²) < 4.78 is 0. The topological polar surface area (TPSA) is 73.9 Å². The lowest BCUT2D eigenvalue weighted by atomic mass is 10.0. The molecular weight excluding hydrogens is 302 g/mol. The fourth-order valence-corrected chi connectivity index (χ4v) is 2.88. The molecule has 1 fully saturated rings. The van der Waals surface area contributed by atoms with Crippen LogP contribution in [0.25, 0.3) is 0 Å². The Balaban J connectivity index is 1.75. The Hall–Kier alpha value is -2.08. The van der Waals surface area contributed by atoms with E-state index in [0.717, 1.165) is 30.7 Å². The van der Waals surface area contributed by atoms with Gasteiger partial charge in [0.1, 0.15) is 12.2 Å². The van der Waals surface area contributed by atoms with Crippen molar-refractivity contribution >= 4 is 23.3 Å². The largest absolute Gasteiger partial charge is 0.322 e. The number of urea groups is 1. The van der Waals surface area contributed by atoms with E-state index in [2.05, 4.69) is 20.5 Å². The van der Waals surface area contributed by atoms with Crippen LogP contribution in [0.3, 0.4) is 0 Å². The lowest BCUT2D eigenvalue weighted by Gasteiger charge is -2.34. The molecule has 0 unspecified atom stereocenters. The predicted octanol–water partition coefficient (Wildman–Crippen LogP) is 3.53. The van der Waals surface area contributed by atoms with Gasteiger partial charge in [-0.25, -0.2) is 9.78 Å². The Kier molecular flexibility index (Phi) is 4.29. The second-order valence-corrected chi connectivity index (χ2v) is 5.88. The smallest absolute Gasteiger partial charge is 0.314 e. The number of anilines is 1. The molecule has 0 aliphatic carbocycles. The summed E-state index contributed by atoms with van der Waals surface area (Å²) in [6, 6.07) is 5.31. The summed E-state index contributed by atoms with van der Waals surface area (Å²) in [4.78, 5) is 18.6. The highest BCUT2D eigenvalue weighted by molar-refractivity contribution is 6.31. The summed E-state index contributed by atoms with van der Waals surface area (Å²) in [7, 11) is 0. The van der Waals surface area contributed by atoms with Crippen LogP contribution in [0.1, 0.15) is 36.7 Å². The van der Waals surface area contributed by atoms with Crippen molar-refractivity contribution in [3.63, 3.8) is 0 Å². The van der Waals surface area contributed by atoms with E-state index >= 15 is 0 Å². The van der Waals surface area contributed by atoms with Crippen LogP contribution in [0.2, 0.25) is 5.02 Å². The molecule has 0 saturated carbocycles. The fourth-order valence-electron chi connectivity index (χ4n) is 2.70. The van der Waals surface area contributed by atoms with E-state index in [9.17, 15) is 4.79 Å². The highest BCUT2D eigenvalue weighted by atomic mass is 35.5. The summed E-state index contributed by atoms with van der Waals surface area (Å²) in [6.07, 6.45) is 4.43. The summed E-state index contributed by atoms with van der Waals surface area (Å²) in [6.45, 7) is 2.63. The molecule has 2 N–H and O–H groups in total. The number of H-pyrrole nitrogens is 1. The molecule has 1 saturated heterocycles. The molecule has 116 valence electrons. The number of carbonyl (C=O) groups is 1. The van der Waals surface area contributed by atoms with Gasteiger partial charge in [-0.15, -0.1) is 0 Å². The summed E-state index contributed by atoms with van der Waals surface area (Å²) in [5.74, 6) is 0.733. The van der Waals surface area contributed by atoms with Crippen molar-refractivity contribution in [2.45, 2.75) is 32.2 Å². The second kappa shape index (κ2) is 6.36. The van der Waals surface area contributed by atoms with Crippen LogP contribution in [0.5, 0.6) is 0 Å². The molecule has 1 aliphatic heterocycles. The summed E-state index contributed by atoms with van der Waals surface area (Å²) in [5, 5.41) is 10.3. The van der Waals surface area contributed by atoms with Gasteiger partial charge in [0.15, 0.2) is 0 Å². The maximum atomic E-state index is 12.6. The molecule has 2 amide bonds. The van der Waals surface area contributed by atoms with Crippen LogP contribution in [0, 0.1) is 6.92 Å². The Bertz CT molecular complexity index is 658. The quantitative estimate of drug-likeness (QED) is 0.889. The first-order chi connectivity index (χ1) is 10.6. The lowest BCUT2D eigenvalue weighted by Crippen LogP contribution is -2.41. The van der Waals surface area contributed by atoms with Gasteiger partial charge in [-0.3, -0.25) is 5.10 Å². The minimum absolute atomic E-state index is 0.0582. The zero-order valence-electron chi connectivity index (χ0n) is 12.3. The minimum Gasteiger partial charge on any atom is -0.314 e. The number of nitrogens with one attached hydrogen (secondary N) is 2. The molecular formula is C15H18ClN5O. The minimum atomic E-state index is -0.138. The van der Waals surface area contributed by atoms with Crippen LogP contribution in [-0.4, -0.2) is 32.7 Å². The van der Waals surface area contributed by atoms with Gasteiger partial charge >= 0.3 is 6.03 Å². The summed E-state index contributed by atoms with van der Waals surface area (Å²) in [5.41, 5.74) is 1.68. The first-order valence-electron chi connectivity index (χ1n) is 7.34. The number of amides is 2. The van der Waals surface area contributed by atoms with Crippen molar-refractivity contribution in [1.82, 2.24) is 20.1 Å². The zero-order valence-corrected chi connectivity index (χ0v) is 13.1. The number of benzene rings is 1. The van der Waals surface area contributed by atoms with Crippen LogP contribution >= 0.6 is 11.6 Å². The van der Waals surface area contributed by atoms with Crippen LogP contribution in [0.4, 0.5) is 10.5 Å². The Labute approximate surface area is 133 Å². The maximum absolute atomic E-state index is 12.6. The number of nitrogens with zero attached hydrogens (tertiary/aromatic N) is 3. The fraction of sp³-hybridized carbons (Fsp3) is 0.400. The molecule has 1 aliphatic rings. The second-order valence-electron chi connectivity index (χ2n) is 5.47. The van der Waals surface area contributed by atoms with Crippen molar-refractivity contribution in [2.24, 2.45) is 0 Å². The average Bonchev–Trinajstić information content (AvgIpc) is 3.05. The monoisotopic (exact) mass is 319 g/mol. The van der Waals surface area contributed by atoms with Crippen molar-refractivity contribution in [3.05, 3.63) is 40.9 Å². The maximum Gasteiger partial charge on any atom is 0.322 e. The third-order valence-corrected chi connectivity index (χ3v) is 4.34. The number of hydrogen-bond acceptors (Lipinski definition) is 3. The first kappa shape index (κ1) is 14.8. The SMILES string of the molecule is Cc1ccc(NC(=O)N2CCCC[C@H]2c2ncn[nH]2)cc1Cl. The number of aryl methyl sites for hydroxylation is 1. The van der Waals surface area contributed by atoms with Gasteiger partial charge in [-0.2, -0.15) is 5.10 Å². The van der Waals surface area contributed by atoms with E-state index in [4.69, 9.17) is 11.6 Å². The van der Waals surface area contributed by atoms with Gasteiger partial charge in [0.25, 0.3) is 0 Å². The van der Waals surface area contributed by atoms with Crippen LogP contribution in [0.15, 0.2) is 24.5 Å². The molecule has 0 bridgehead atoms. The van der Waals surface area contributed by atoms with Gasteiger partial charge in [0.2, 0.25) is 0 Å². The normalized spacial score (nSPS) is 18.3. The number of piperidine rings is 1. The molecule has 0 spiro atoms. The molecule has 3 rings (SSSR count). The van der Waals surface area contributed by atoms with Gasteiger partial charge in [0, 0.05) is 17.3 Å². The first-order valence-corrected chi connectivity index (χ1v) is 7.72. The molecule has 7 heteroatoms. The standard InChI is InChI=1S/C15H18ClN5O/c1-10-5-6-11(8-12(10)16)19-15(22)21-7-3-2-4-13(21)14-17-9-18-20-14/h5-6,8-9,13H,2-4,7H2,1H3,(H,19,22)(H,17,18,20)/t13-/m0/s1. The van der Waals surface area contributed by atoms with Crippen molar-refractivity contribution in [3.8, 4) is 0 Å². The Morgan fingerprint density at radius 2 is 2.32 bits per heavy atom. The van der Waals surface area contributed by atoms with Gasteiger partial charge in [-0.1, -0.05) is 17.7 Å². The number of aromatic nitrogens is 3. The van der Waals surface area contributed by atoms with E-state index in [1.807, 2.05) is 19.1 Å². The average molecular weight is 320 g/mol. The highest BCUT2D eigenvalue weighted by Gasteiger charge is 2.29.